The van der Waals surface area contributed by atoms with Crippen LogP contribution in [0, 0.1) is 0 Å². The van der Waals surface area contributed by atoms with E-state index < -0.39 is 0 Å². The summed E-state index contributed by atoms with van der Waals surface area (Å²) in [6.07, 6.45) is 0. The fourth-order valence-corrected chi connectivity index (χ4v) is 6.34. The van der Waals surface area contributed by atoms with Crippen molar-refractivity contribution in [2.24, 2.45) is 0 Å². The van der Waals surface area contributed by atoms with Gasteiger partial charge >= 0.3 is 0 Å². The predicted octanol–water partition coefficient (Wildman–Crippen LogP) is 9.96. The van der Waals surface area contributed by atoms with Crippen LogP contribution in [0.25, 0.3) is 83.0 Å². The Morgan fingerprint density at radius 2 is 1.21 bits per heavy atom. The lowest BCUT2D eigenvalue weighted by molar-refractivity contribution is 0.669. The predicted molar refractivity (Wildman–Crippen MR) is 172 cm³/mol. The van der Waals surface area contributed by atoms with Gasteiger partial charge in [0.1, 0.15) is 17.0 Å². The molecule has 0 unspecified atom stereocenters. The van der Waals surface area contributed by atoms with Gasteiger partial charge < -0.3 is 4.42 Å². The first kappa shape index (κ1) is 23.0. The molecule has 0 bridgehead atoms. The fraction of sp³-hybridized carbons (Fsp3) is 0. The van der Waals surface area contributed by atoms with Crippen LogP contribution in [0.4, 0.5) is 0 Å². The molecule has 196 valence electrons. The molecule has 9 aromatic rings. The molecule has 42 heavy (non-hydrogen) atoms. The van der Waals surface area contributed by atoms with E-state index in [4.69, 9.17) is 14.4 Å². The molecule has 0 fully saturated rings. The summed E-state index contributed by atoms with van der Waals surface area (Å²) in [5, 5.41) is 5.64. The smallest absolute Gasteiger partial charge is 0.145 e. The van der Waals surface area contributed by atoms with E-state index in [1.54, 1.807) is 0 Å². The second-order valence-electron chi connectivity index (χ2n) is 10.6. The number of benzene rings is 6. The lowest BCUT2D eigenvalue weighted by Crippen LogP contribution is -1.98. The third-order valence-electron chi connectivity index (χ3n) is 8.17. The summed E-state index contributed by atoms with van der Waals surface area (Å²) in [5.74, 6) is 0.914. The quantitative estimate of drug-likeness (QED) is 0.211. The average molecular weight is 538 g/mol. The summed E-state index contributed by atoms with van der Waals surface area (Å²) in [7, 11) is 0. The van der Waals surface area contributed by atoms with E-state index >= 15 is 0 Å². The average Bonchev–Trinajstić information content (AvgIpc) is 3.64. The number of aromatic nitrogens is 3. The van der Waals surface area contributed by atoms with Gasteiger partial charge in [0.2, 0.25) is 0 Å². The first-order valence-electron chi connectivity index (χ1n) is 14.1. The fourth-order valence-electron chi connectivity index (χ4n) is 6.34. The summed E-state index contributed by atoms with van der Waals surface area (Å²) in [4.78, 5) is 10.3. The Hall–Kier alpha value is -5.74. The molecular weight excluding hydrogens is 514 g/mol. The summed E-state index contributed by atoms with van der Waals surface area (Å²) in [6, 6.07) is 48.2. The van der Waals surface area contributed by atoms with E-state index in [2.05, 4.69) is 120 Å². The van der Waals surface area contributed by atoms with Gasteiger partial charge in [-0.3, -0.25) is 4.57 Å². The highest BCUT2D eigenvalue weighted by molar-refractivity contribution is 6.28. The Labute approximate surface area is 241 Å². The van der Waals surface area contributed by atoms with Crippen LogP contribution in [-0.2, 0) is 0 Å². The number of hydrogen-bond donors (Lipinski definition) is 0. The van der Waals surface area contributed by atoms with Gasteiger partial charge in [-0.25, -0.2) is 9.97 Å². The third kappa shape index (κ3) is 3.36. The number of fused-ring (bicyclic) bond motifs is 8. The Morgan fingerprint density at radius 1 is 0.476 bits per heavy atom. The Balaban J connectivity index is 1.35. The van der Waals surface area contributed by atoms with Crippen molar-refractivity contribution in [3.05, 3.63) is 140 Å². The van der Waals surface area contributed by atoms with Gasteiger partial charge in [0.05, 0.1) is 22.2 Å². The van der Waals surface area contributed by atoms with Gasteiger partial charge in [-0.15, -0.1) is 0 Å². The molecule has 3 aromatic heterocycles. The Morgan fingerprint density at radius 3 is 2.12 bits per heavy atom. The van der Waals surface area contributed by atoms with Gasteiger partial charge in [-0.05, 0) is 48.5 Å². The highest BCUT2D eigenvalue weighted by Crippen LogP contribution is 2.41. The van der Waals surface area contributed by atoms with E-state index in [9.17, 15) is 0 Å². The SMILES string of the molecule is c1ccc(-c2nc3ccccc3n2-c2cccc(-c3nc4ccccc4c4c3ccc3oc5ccccc5c34)c2)cc1. The minimum absolute atomic E-state index is 0.886. The van der Waals surface area contributed by atoms with Crippen molar-refractivity contribution in [2.75, 3.05) is 0 Å². The zero-order chi connectivity index (χ0) is 27.6. The number of rotatable bonds is 3. The Kier molecular flexibility index (Phi) is 4.87. The summed E-state index contributed by atoms with van der Waals surface area (Å²) < 4.78 is 8.54. The molecule has 4 heteroatoms. The van der Waals surface area contributed by atoms with Crippen LogP contribution in [0.15, 0.2) is 144 Å². The summed E-state index contributed by atoms with van der Waals surface area (Å²) in [5.41, 5.74) is 8.88. The van der Waals surface area contributed by atoms with Gasteiger partial charge in [0.25, 0.3) is 0 Å². The number of nitrogens with zero attached hydrogens (tertiary/aromatic N) is 3. The molecule has 0 radical (unpaired) electrons. The molecule has 0 saturated heterocycles. The normalized spacial score (nSPS) is 11.8. The van der Waals surface area contributed by atoms with Crippen LogP contribution in [0.2, 0.25) is 0 Å². The topological polar surface area (TPSA) is 43.9 Å². The molecule has 0 amide bonds. The summed E-state index contributed by atoms with van der Waals surface area (Å²) >= 11 is 0. The number of pyridine rings is 1. The number of hydrogen-bond acceptors (Lipinski definition) is 3. The molecule has 0 aliphatic carbocycles. The van der Waals surface area contributed by atoms with Gasteiger partial charge in [0.15, 0.2) is 0 Å². The molecule has 6 aromatic carbocycles. The maximum absolute atomic E-state index is 6.29. The molecule has 0 N–H and O–H groups in total. The van der Waals surface area contributed by atoms with Crippen molar-refractivity contribution in [2.45, 2.75) is 0 Å². The van der Waals surface area contributed by atoms with Crippen molar-refractivity contribution >= 4 is 54.6 Å². The van der Waals surface area contributed by atoms with Crippen LogP contribution < -0.4 is 0 Å². The van der Waals surface area contributed by atoms with Crippen molar-refractivity contribution < 1.29 is 4.42 Å². The van der Waals surface area contributed by atoms with Crippen molar-refractivity contribution in [3.8, 4) is 28.3 Å². The molecular formula is C38H23N3O. The second kappa shape index (κ2) is 8.88. The third-order valence-corrected chi connectivity index (χ3v) is 8.17. The molecule has 0 aliphatic heterocycles. The molecule has 4 nitrogen and oxygen atoms in total. The standard InChI is InChI=1S/C38H23N3O/c1-2-11-24(12-3-1)38-40-31-18-7-8-19-32(31)41(38)26-14-10-13-25(23-26)37-29-21-22-34-36(28-16-5-9-20-33(28)42-34)35(29)27-15-4-6-17-30(27)39-37/h1-23H. The first-order chi connectivity index (χ1) is 20.8. The van der Waals surface area contributed by atoms with E-state index in [0.29, 0.717) is 0 Å². The van der Waals surface area contributed by atoms with Crippen LogP contribution in [-0.4, -0.2) is 14.5 Å². The minimum atomic E-state index is 0.886. The molecule has 0 aliphatic rings. The molecule has 3 heterocycles. The van der Waals surface area contributed by atoms with Crippen molar-refractivity contribution in [1.29, 1.82) is 0 Å². The first-order valence-corrected chi connectivity index (χ1v) is 14.1. The van der Waals surface area contributed by atoms with Crippen molar-refractivity contribution in [3.63, 3.8) is 0 Å². The number of furan rings is 1. The van der Waals surface area contributed by atoms with Crippen molar-refractivity contribution in [1.82, 2.24) is 14.5 Å². The van der Waals surface area contributed by atoms with Gasteiger partial charge in [-0.2, -0.15) is 0 Å². The zero-order valence-electron chi connectivity index (χ0n) is 22.5. The number of para-hydroxylation sites is 4. The maximum Gasteiger partial charge on any atom is 0.145 e. The zero-order valence-corrected chi connectivity index (χ0v) is 22.5. The van der Waals surface area contributed by atoms with Gasteiger partial charge in [0, 0.05) is 43.7 Å². The van der Waals surface area contributed by atoms with Crippen LogP contribution in [0.1, 0.15) is 0 Å². The van der Waals surface area contributed by atoms with Crippen LogP contribution >= 0.6 is 0 Å². The molecule has 0 saturated carbocycles. The lowest BCUT2D eigenvalue weighted by atomic mass is 9.96. The minimum Gasteiger partial charge on any atom is -0.456 e. The Bertz CT molecular complexity index is 2470. The highest BCUT2D eigenvalue weighted by atomic mass is 16.3. The van der Waals surface area contributed by atoms with Crippen LogP contribution in [0.5, 0.6) is 0 Å². The van der Waals surface area contributed by atoms with Gasteiger partial charge in [-0.1, -0.05) is 91.0 Å². The van der Waals surface area contributed by atoms with Crippen LogP contribution in [0.3, 0.4) is 0 Å². The molecule has 0 spiro atoms. The highest BCUT2D eigenvalue weighted by Gasteiger charge is 2.19. The van der Waals surface area contributed by atoms with E-state index in [0.717, 1.165) is 77.6 Å². The van der Waals surface area contributed by atoms with E-state index in [1.807, 2.05) is 24.3 Å². The molecule has 0 atom stereocenters. The van der Waals surface area contributed by atoms with E-state index in [-0.39, 0.29) is 0 Å². The summed E-state index contributed by atoms with van der Waals surface area (Å²) in [6.45, 7) is 0. The van der Waals surface area contributed by atoms with E-state index in [1.165, 1.54) is 5.39 Å². The lowest BCUT2D eigenvalue weighted by Gasteiger charge is -2.14. The largest absolute Gasteiger partial charge is 0.456 e. The molecule has 9 rings (SSSR count). The maximum atomic E-state index is 6.29. The monoisotopic (exact) mass is 537 g/mol. The second-order valence-corrected chi connectivity index (χ2v) is 10.6. The number of imidazole rings is 1.